The third kappa shape index (κ3) is 10.1. The zero-order valence-corrected chi connectivity index (χ0v) is 32.5. The normalized spacial score (nSPS) is 21.7. The molecule has 278 valence electrons. The molecule has 9 heteroatoms. The molecular weight excluding hydrogens is 622 g/mol. The van der Waals surface area contributed by atoms with Crippen molar-refractivity contribution in [3.05, 3.63) is 53.1 Å². The number of likely N-dealkylation sites (N-methyl/N-ethyl adjacent to an activating group) is 1. The second-order valence-corrected chi connectivity index (χ2v) is 15.3. The van der Waals surface area contributed by atoms with Crippen molar-refractivity contribution < 1.29 is 9.53 Å². The fourth-order valence-corrected chi connectivity index (χ4v) is 8.28. The van der Waals surface area contributed by atoms with Crippen LogP contribution in [0.4, 0.5) is 11.4 Å². The highest BCUT2D eigenvalue weighted by molar-refractivity contribution is 6.01. The second kappa shape index (κ2) is 18.6. The lowest BCUT2D eigenvalue weighted by Crippen LogP contribution is -2.48. The lowest BCUT2D eigenvalue weighted by atomic mass is 9.95. The predicted octanol–water partition coefficient (Wildman–Crippen LogP) is 5.23. The molecule has 2 aromatic rings. The van der Waals surface area contributed by atoms with E-state index < -0.39 is 0 Å². The first-order valence-electron chi connectivity index (χ1n) is 19.6. The number of aryl methyl sites for hydroxylation is 1. The molecule has 5 heterocycles. The molecule has 5 aliphatic heterocycles. The molecule has 9 nitrogen and oxygen atoms in total. The van der Waals surface area contributed by atoms with Gasteiger partial charge in [-0.15, -0.1) is 0 Å². The van der Waals surface area contributed by atoms with E-state index in [1.54, 1.807) is 12.0 Å². The van der Waals surface area contributed by atoms with Crippen molar-refractivity contribution in [1.82, 2.24) is 24.5 Å². The minimum atomic E-state index is 0.0688. The zero-order valence-electron chi connectivity index (χ0n) is 32.5. The van der Waals surface area contributed by atoms with E-state index in [4.69, 9.17) is 4.74 Å². The van der Waals surface area contributed by atoms with Gasteiger partial charge in [-0.1, -0.05) is 26.0 Å². The molecule has 0 saturated carbocycles. The molecule has 0 atom stereocenters. The summed E-state index contributed by atoms with van der Waals surface area (Å²) in [5, 5.41) is 0. The Hall–Kier alpha value is -2.85. The average molecular weight is 690 g/mol. The van der Waals surface area contributed by atoms with Gasteiger partial charge >= 0.3 is 0 Å². The molecule has 0 aliphatic carbocycles. The summed E-state index contributed by atoms with van der Waals surface area (Å²) >= 11 is 0. The molecule has 0 unspecified atom stereocenters. The number of piperidine rings is 2. The van der Waals surface area contributed by atoms with Crippen LogP contribution >= 0.6 is 0 Å². The highest BCUT2D eigenvalue weighted by Crippen LogP contribution is 2.36. The summed E-state index contributed by atoms with van der Waals surface area (Å²) in [6.45, 7) is 23.8. The highest BCUT2D eigenvalue weighted by atomic mass is 16.5. The Bertz CT molecular complexity index is 1340. The Morgan fingerprint density at radius 3 is 1.78 bits per heavy atom. The van der Waals surface area contributed by atoms with Crippen LogP contribution in [0.3, 0.4) is 0 Å². The maximum Gasteiger partial charge on any atom is 0.258 e. The van der Waals surface area contributed by atoms with Crippen LogP contribution in [0.1, 0.15) is 61.0 Å². The molecule has 0 bridgehead atoms. The van der Waals surface area contributed by atoms with Crippen LogP contribution in [0.15, 0.2) is 36.4 Å². The van der Waals surface area contributed by atoms with E-state index in [0.29, 0.717) is 6.54 Å². The van der Waals surface area contributed by atoms with Gasteiger partial charge in [0.2, 0.25) is 0 Å². The van der Waals surface area contributed by atoms with Gasteiger partial charge in [0.25, 0.3) is 5.91 Å². The van der Waals surface area contributed by atoms with Gasteiger partial charge in [-0.05, 0) is 101 Å². The number of ether oxygens (including phenoxy) is 1. The monoisotopic (exact) mass is 690 g/mol. The predicted molar refractivity (Wildman–Crippen MR) is 209 cm³/mol. The van der Waals surface area contributed by atoms with Crippen LogP contribution in [-0.4, -0.2) is 150 Å². The smallest absolute Gasteiger partial charge is 0.258 e. The number of rotatable bonds is 7. The number of carbonyl (C=O) groups excluding carboxylic acids is 1. The van der Waals surface area contributed by atoms with Gasteiger partial charge in [-0.25, -0.2) is 0 Å². The molecule has 4 fully saturated rings. The molecule has 0 aromatic heterocycles. The van der Waals surface area contributed by atoms with Gasteiger partial charge in [0, 0.05) is 110 Å². The van der Waals surface area contributed by atoms with E-state index in [2.05, 4.69) is 86.8 Å². The maximum absolute atomic E-state index is 12.3. The first-order valence-corrected chi connectivity index (χ1v) is 19.6. The molecule has 1 amide bonds. The Morgan fingerprint density at radius 2 is 1.20 bits per heavy atom. The summed E-state index contributed by atoms with van der Waals surface area (Å²) in [6, 6.07) is 13.2. The quantitative estimate of drug-likeness (QED) is 0.392. The van der Waals surface area contributed by atoms with E-state index in [0.717, 1.165) is 41.8 Å². The fraction of sp³-hybridized carbons (Fsp3) is 0.683. The number of likely N-dealkylation sites (tertiary alicyclic amines) is 1. The van der Waals surface area contributed by atoms with E-state index in [-0.39, 0.29) is 5.91 Å². The zero-order chi connectivity index (χ0) is 35.6. The highest BCUT2D eigenvalue weighted by Gasteiger charge is 2.31. The van der Waals surface area contributed by atoms with E-state index in [9.17, 15) is 4.79 Å². The molecule has 50 heavy (non-hydrogen) atoms. The molecule has 7 rings (SSSR count). The van der Waals surface area contributed by atoms with Crippen molar-refractivity contribution in [2.45, 2.75) is 53.0 Å². The maximum atomic E-state index is 12.3. The van der Waals surface area contributed by atoms with Crippen LogP contribution in [0.2, 0.25) is 0 Å². The number of fused-ring (bicyclic) bond motifs is 1. The molecule has 0 radical (unpaired) electrons. The molecule has 2 aromatic carbocycles. The van der Waals surface area contributed by atoms with Crippen LogP contribution < -0.4 is 14.5 Å². The van der Waals surface area contributed by atoms with Gasteiger partial charge < -0.3 is 34.1 Å². The number of amides is 1. The lowest BCUT2D eigenvalue weighted by molar-refractivity contribution is 0.0814. The van der Waals surface area contributed by atoms with Gasteiger partial charge in [0.1, 0.15) is 5.75 Å². The van der Waals surface area contributed by atoms with Crippen molar-refractivity contribution in [1.29, 1.82) is 0 Å². The molecular formula is C41H67N7O2. The summed E-state index contributed by atoms with van der Waals surface area (Å²) in [4.78, 5) is 29.3. The van der Waals surface area contributed by atoms with Crippen LogP contribution in [0, 0.1) is 18.8 Å². The van der Waals surface area contributed by atoms with Gasteiger partial charge in [0.05, 0.1) is 12.7 Å². The molecule has 0 N–H and O–H groups in total. The third-order valence-electron chi connectivity index (χ3n) is 11.5. The number of benzene rings is 2. The van der Waals surface area contributed by atoms with Crippen molar-refractivity contribution in [3.8, 4) is 5.75 Å². The Balaban J connectivity index is 0.000000191. The number of nitrogens with zero attached hydrogens (tertiary/aromatic N) is 7. The molecule has 5 aliphatic rings. The Labute approximate surface area is 304 Å². The summed E-state index contributed by atoms with van der Waals surface area (Å²) in [5.41, 5.74) is 5.80. The summed E-state index contributed by atoms with van der Waals surface area (Å²) < 4.78 is 5.55. The van der Waals surface area contributed by atoms with Crippen LogP contribution in [-0.2, 0) is 6.54 Å². The minimum absolute atomic E-state index is 0.0688. The number of carbonyl (C=O) groups is 1. The number of piperazine rings is 2. The van der Waals surface area contributed by atoms with Gasteiger partial charge in [-0.2, -0.15) is 0 Å². The van der Waals surface area contributed by atoms with Gasteiger partial charge in [-0.3, -0.25) is 9.69 Å². The minimum Gasteiger partial charge on any atom is -0.496 e. The van der Waals surface area contributed by atoms with Crippen molar-refractivity contribution in [3.63, 3.8) is 0 Å². The SMILES string of the molecule is CC.COc1cc(N2CCC(CN3CCN(C)CC3)CC2)cc2c1C(=O)N(C)C2.Cc1cccc(N2CCN(CC3CCN(C)CC3)CC2)c1. The Morgan fingerprint density at radius 1 is 0.660 bits per heavy atom. The number of hydrogen-bond acceptors (Lipinski definition) is 8. The fourth-order valence-electron chi connectivity index (χ4n) is 8.28. The van der Waals surface area contributed by atoms with E-state index in [1.165, 1.54) is 121 Å². The third-order valence-corrected chi connectivity index (χ3v) is 11.5. The second-order valence-electron chi connectivity index (χ2n) is 15.3. The topological polar surface area (TPSA) is 49.0 Å². The average Bonchev–Trinajstić information content (AvgIpc) is 3.44. The van der Waals surface area contributed by atoms with E-state index in [1.807, 2.05) is 20.9 Å². The standard InChI is InChI=1S/C21H32N4O2.C18H29N3.C2H6/c1-22-8-10-24(11-9-22)14-16-4-6-25(7-5-16)18-12-17-15-23(2)21(26)20(17)19(13-18)27-3;1-16-4-3-5-18(14-16)21-12-10-20(11-13-21)15-17-6-8-19(2)9-7-17;1-2/h12-13,16H,4-11,14-15H2,1-3H3;3-5,14,17H,6-13,15H2,1-2H3;1-2H3. The lowest BCUT2D eigenvalue weighted by Gasteiger charge is -2.39. The largest absolute Gasteiger partial charge is 0.496 e. The number of anilines is 2. The van der Waals surface area contributed by atoms with Gasteiger partial charge in [0.15, 0.2) is 0 Å². The Kier molecular flexibility index (Phi) is 14.3. The summed E-state index contributed by atoms with van der Waals surface area (Å²) in [7, 11) is 7.97. The summed E-state index contributed by atoms with van der Waals surface area (Å²) in [5.74, 6) is 2.51. The van der Waals surface area contributed by atoms with E-state index >= 15 is 0 Å². The first kappa shape index (κ1) is 38.4. The number of hydrogen-bond donors (Lipinski definition) is 0. The van der Waals surface area contributed by atoms with Crippen molar-refractivity contribution >= 4 is 17.3 Å². The molecule has 0 spiro atoms. The van der Waals surface area contributed by atoms with Crippen LogP contribution in [0.25, 0.3) is 0 Å². The first-order chi connectivity index (χ1) is 24.2. The summed E-state index contributed by atoms with van der Waals surface area (Å²) in [6.07, 6.45) is 5.25. The number of methoxy groups -OCH3 is 1. The van der Waals surface area contributed by atoms with Crippen molar-refractivity contribution in [2.24, 2.45) is 11.8 Å². The molecule has 4 saturated heterocycles. The van der Waals surface area contributed by atoms with Crippen LogP contribution in [0.5, 0.6) is 5.75 Å². The van der Waals surface area contributed by atoms with Crippen molar-refractivity contribution in [2.75, 3.05) is 130 Å².